The standard InChI is InChI=1S/C9H11N3S/c1-11-5-7-2-6-4-12-9(10)3-8(6)13-7/h2-4,11H,5H2,1H3,(H2,10,12). The molecule has 0 aliphatic carbocycles. The molecule has 0 aromatic carbocycles. The summed E-state index contributed by atoms with van der Waals surface area (Å²) in [4.78, 5) is 5.35. The van der Waals surface area contributed by atoms with Crippen LogP contribution in [-0.2, 0) is 6.54 Å². The number of nitrogens with two attached hydrogens (primary N) is 1. The molecule has 0 aliphatic rings. The van der Waals surface area contributed by atoms with Gasteiger partial charge in [-0.3, -0.25) is 0 Å². The van der Waals surface area contributed by atoms with Crippen LogP contribution in [0, 0.1) is 0 Å². The number of rotatable bonds is 2. The van der Waals surface area contributed by atoms with E-state index in [0.29, 0.717) is 5.82 Å². The first-order valence-electron chi connectivity index (χ1n) is 4.08. The van der Waals surface area contributed by atoms with Crippen molar-refractivity contribution in [1.29, 1.82) is 0 Å². The van der Waals surface area contributed by atoms with Crippen LogP contribution in [0.5, 0.6) is 0 Å². The van der Waals surface area contributed by atoms with Gasteiger partial charge in [0, 0.05) is 27.7 Å². The Kier molecular flexibility index (Phi) is 2.16. The highest BCUT2D eigenvalue weighted by atomic mass is 32.1. The largest absolute Gasteiger partial charge is 0.384 e. The van der Waals surface area contributed by atoms with Gasteiger partial charge in [-0.2, -0.15) is 0 Å². The summed E-state index contributed by atoms with van der Waals surface area (Å²) >= 11 is 1.75. The number of thiophene rings is 1. The lowest BCUT2D eigenvalue weighted by Gasteiger charge is -1.90. The zero-order valence-corrected chi connectivity index (χ0v) is 8.19. The van der Waals surface area contributed by atoms with Crippen LogP contribution in [0.4, 0.5) is 5.82 Å². The molecule has 2 aromatic rings. The van der Waals surface area contributed by atoms with E-state index in [1.165, 1.54) is 15.0 Å². The average molecular weight is 193 g/mol. The quantitative estimate of drug-likeness (QED) is 0.761. The van der Waals surface area contributed by atoms with Gasteiger partial charge in [0.05, 0.1) is 0 Å². The summed E-state index contributed by atoms with van der Waals surface area (Å²) < 4.78 is 1.21. The predicted molar refractivity (Wildman–Crippen MR) is 56.8 cm³/mol. The normalized spacial score (nSPS) is 10.8. The molecule has 0 spiro atoms. The van der Waals surface area contributed by atoms with Gasteiger partial charge in [-0.1, -0.05) is 0 Å². The summed E-state index contributed by atoms with van der Waals surface area (Å²) in [5, 5.41) is 4.29. The van der Waals surface area contributed by atoms with Crippen LogP contribution in [0.1, 0.15) is 4.88 Å². The molecule has 2 heterocycles. The first-order chi connectivity index (χ1) is 6.29. The number of nitrogen functional groups attached to an aromatic ring is 1. The summed E-state index contributed by atoms with van der Waals surface area (Å²) in [5.41, 5.74) is 5.59. The van der Waals surface area contributed by atoms with Gasteiger partial charge in [0.15, 0.2) is 0 Å². The lowest BCUT2D eigenvalue weighted by atomic mass is 10.3. The minimum Gasteiger partial charge on any atom is -0.384 e. The Morgan fingerprint density at radius 1 is 1.54 bits per heavy atom. The van der Waals surface area contributed by atoms with Gasteiger partial charge in [0.2, 0.25) is 0 Å². The van der Waals surface area contributed by atoms with Crippen molar-refractivity contribution in [3.63, 3.8) is 0 Å². The minimum absolute atomic E-state index is 0.588. The molecule has 68 valence electrons. The second kappa shape index (κ2) is 3.32. The molecule has 0 radical (unpaired) electrons. The third-order valence-corrected chi connectivity index (χ3v) is 2.92. The van der Waals surface area contributed by atoms with E-state index in [2.05, 4.69) is 16.4 Å². The Balaban J connectivity index is 2.49. The third kappa shape index (κ3) is 1.64. The van der Waals surface area contributed by atoms with Crippen LogP contribution in [0.2, 0.25) is 0 Å². The Hall–Kier alpha value is -1.13. The van der Waals surface area contributed by atoms with Crippen molar-refractivity contribution in [1.82, 2.24) is 10.3 Å². The summed E-state index contributed by atoms with van der Waals surface area (Å²) in [6.45, 7) is 0.902. The number of hydrogen-bond acceptors (Lipinski definition) is 4. The molecule has 2 aromatic heterocycles. The molecular formula is C9H11N3S. The Labute approximate surface area is 80.6 Å². The molecule has 0 bridgehead atoms. The fourth-order valence-corrected chi connectivity index (χ4v) is 2.36. The maximum atomic E-state index is 5.59. The van der Waals surface area contributed by atoms with Crippen LogP contribution in [0.25, 0.3) is 10.1 Å². The van der Waals surface area contributed by atoms with E-state index < -0.39 is 0 Å². The molecule has 0 saturated heterocycles. The maximum Gasteiger partial charge on any atom is 0.124 e. The van der Waals surface area contributed by atoms with E-state index in [0.717, 1.165) is 6.54 Å². The molecule has 3 N–H and O–H groups in total. The fraction of sp³-hybridized carbons (Fsp3) is 0.222. The van der Waals surface area contributed by atoms with Crippen LogP contribution in [-0.4, -0.2) is 12.0 Å². The van der Waals surface area contributed by atoms with Gasteiger partial charge >= 0.3 is 0 Å². The molecule has 0 atom stereocenters. The number of aromatic nitrogens is 1. The van der Waals surface area contributed by atoms with E-state index in [1.54, 1.807) is 11.3 Å². The average Bonchev–Trinajstić information content (AvgIpc) is 2.46. The number of hydrogen-bond donors (Lipinski definition) is 2. The SMILES string of the molecule is CNCc1cc2cnc(N)cc2s1. The molecule has 3 nitrogen and oxygen atoms in total. The zero-order chi connectivity index (χ0) is 9.26. The van der Waals surface area contributed by atoms with Gasteiger partial charge in [0.1, 0.15) is 5.82 Å². The highest BCUT2D eigenvalue weighted by Crippen LogP contribution is 2.25. The molecule has 13 heavy (non-hydrogen) atoms. The summed E-state index contributed by atoms with van der Waals surface area (Å²) in [6, 6.07) is 4.06. The van der Waals surface area contributed by atoms with E-state index >= 15 is 0 Å². The molecule has 2 rings (SSSR count). The third-order valence-electron chi connectivity index (χ3n) is 1.82. The Morgan fingerprint density at radius 2 is 2.38 bits per heavy atom. The monoisotopic (exact) mass is 193 g/mol. The Morgan fingerprint density at radius 3 is 3.15 bits per heavy atom. The van der Waals surface area contributed by atoms with E-state index in [4.69, 9.17) is 5.73 Å². The highest BCUT2D eigenvalue weighted by Gasteiger charge is 2.01. The van der Waals surface area contributed by atoms with Gasteiger partial charge in [-0.15, -0.1) is 11.3 Å². The smallest absolute Gasteiger partial charge is 0.124 e. The van der Waals surface area contributed by atoms with Crippen LogP contribution < -0.4 is 11.1 Å². The number of nitrogens with one attached hydrogen (secondary N) is 1. The lowest BCUT2D eigenvalue weighted by molar-refractivity contribution is 0.832. The molecule has 0 saturated carbocycles. The molecule has 0 aliphatic heterocycles. The second-order valence-corrected chi connectivity index (χ2v) is 4.06. The van der Waals surface area contributed by atoms with Crippen molar-refractivity contribution in [3.8, 4) is 0 Å². The highest BCUT2D eigenvalue weighted by molar-refractivity contribution is 7.19. The Bertz CT molecular complexity index is 422. The van der Waals surface area contributed by atoms with Crippen molar-refractivity contribution in [3.05, 3.63) is 23.2 Å². The maximum absolute atomic E-state index is 5.59. The number of fused-ring (bicyclic) bond motifs is 1. The van der Waals surface area contributed by atoms with Crippen molar-refractivity contribution < 1.29 is 0 Å². The second-order valence-electron chi connectivity index (χ2n) is 2.89. The van der Waals surface area contributed by atoms with Gasteiger partial charge in [-0.25, -0.2) is 4.98 Å². The van der Waals surface area contributed by atoms with E-state index in [-0.39, 0.29) is 0 Å². The van der Waals surface area contributed by atoms with Gasteiger partial charge < -0.3 is 11.1 Å². The van der Waals surface area contributed by atoms with Gasteiger partial charge in [-0.05, 0) is 19.2 Å². The first-order valence-corrected chi connectivity index (χ1v) is 4.90. The first kappa shape index (κ1) is 8.47. The number of anilines is 1. The number of nitrogens with zero attached hydrogens (tertiary/aromatic N) is 1. The number of pyridine rings is 1. The predicted octanol–water partition coefficient (Wildman–Crippen LogP) is 1.60. The molecule has 0 unspecified atom stereocenters. The summed E-state index contributed by atoms with van der Waals surface area (Å²) in [5.74, 6) is 0.588. The van der Waals surface area contributed by atoms with Crippen molar-refractivity contribution in [2.24, 2.45) is 0 Å². The lowest BCUT2D eigenvalue weighted by Crippen LogP contribution is -2.02. The topological polar surface area (TPSA) is 50.9 Å². The van der Waals surface area contributed by atoms with Crippen molar-refractivity contribution >= 4 is 27.2 Å². The van der Waals surface area contributed by atoms with Crippen LogP contribution in [0.3, 0.4) is 0 Å². The van der Waals surface area contributed by atoms with Gasteiger partial charge in [0.25, 0.3) is 0 Å². The van der Waals surface area contributed by atoms with E-state index in [1.807, 2.05) is 19.3 Å². The zero-order valence-electron chi connectivity index (χ0n) is 7.37. The minimum atomic E-state index is 0.588. The van der Waals surface area contributed by atoms with Crippen LogP contribution >= 0.6 is 11.3 Å². The van der Waals surface area contributed by atoms with Crippen molar-refractivity contribution in [2.75, 3.05) is 12.8 Å². The molecule has 0 amide bonds. The molecular weight excluding hydrogens is 182 g/mol. The summed E-state index contributed by atoms with van der Waals surface area (Å²) in [6.07, 6.45) is 1.82. The summed E-state index contributed by atoms with van der Waals surface area (Å²) in [7, 11) is 1.94. The van der Waals surface area contributed by atoms with Crippen molar-refractivity contribution in [2.45, 2.75) is 6.54 Å². The molecule has 0 fully saturated rings. The van der Waals surface area contributed by atoms with Crippen LogP contribution in [0.15, 0.2) is 18.3 Å². The fourth-order valence-electron chi connectivity index (χ4n) is 1.26. The molecule has 4 heteroatoms. The van der Waals surface area contributed by atoms with E-state index in [9.17, 15) is 0 Å².